The topological polar surface area (TPSA) is 96.2 Å². The van der Waals surface area contributed by atoms with Gasteiger partial charge in [-0.2, -0.15) is 0 Å². The predicted octanol–water partition coefficient (Wildman–Crippen LogP) is 1.51. The average molecular weight is 333 g/mol. The van der Waals surface area contributed by atoms with E-state index in [2.05, 4.69) is 4.98 Å². The molecule has 21 heavy (non-hydrogen) atoms. The second kappa shape index (κ2) is 8.51. The van der Waals surface area contributed by atoms with Crippen LogP contribution in [-0.4, -0.2) is 29.0 Å². The number of halogens is 2. The lowest BCUT2D eigenvalue weighted by Crippen LogP contribution is -2.16. The lowest BCUT2D eigenvalue weighted by molar-refractivity contribution is 0.0998. The van der Waals surface area contributed by atoms with Crippen LogP contribution in [0.5, 0.6) is 5.75 Å². The van der Waals surface area contributed by atoms with Crippen molar-refractivity contribution < 1.29 is 9.53 Å². The lowest BCUT2D eigenvalue weighted by atomic mass is 10.2. The van der Waals surface area contributed by atoms with E-state index in [1.165, 1.54) is 0 Å². The molecule has 0 aliphatic rings. The standard InChI is InChI=1S/C13H16N4O2.2ClH/c1-19-10-4-2-9(3-5-10)7-17-8-16-12(13(17)15)11(18)6-14;;/h2-5,8H,6-7,14-15H2,1H3;2*1H. The highest BCUT2D eigenvalue weighted by atomic mass is 35.5. The third-order valence-electron chi connectivity index (χ3n) is 2.84. The minimum Gasteiger partial charge on any atom is -0.497 e. The summed E-state index contributed by atoms with van der Waals surface area (Å²) in [6, 6.07) is 7.61. The minimum atomic E-state index is -0.258. The first-order valence-electron chi connectivity index (χ1n) is 5.82. The molecular formula is C13H18Cl2N4O2. The van der Waals surface area contributed by atoms with Gasteiger partial charge in [0.2, 0.25) is 0 Å². The molecule has 8 heteroatoms. The average Bonchev–Trinajstić information content (AvgIpc) is 2.80. The largest absolute Gasteiger partial charge is 0.497 e. The van der Waals surface area contributed by atoms with Crippen molar-refractivity contribution >= 4 is 36.4 Å². The Balaban J connectivity index is 0.00000200. The van der Waals surface area contributed by atoms with E-state index >= 15 is 0 Å². The van der Waals surface area contributed by atoms with Gasteiger partial charge in [-0.15, -0.1) is 24.8 Å². The Bertz CT molecular complexity index is 584. The molecular weight excluding hydrogens is 315 g/mol. The Morgan fingerprint density at radius 3 is 2.43 bits per heavy atom. The van der Waals surface area contributed by atoms with Crippen molar-refractivity contribution in [1.29, 1.82) is 0 Å². The van der Waals surface area contributed by atoms with Crippen molar-refractivity contribution in [2.75, 3.05) is 19.4 Å². The summed E-state index contributed by atoms with van der Waals surface area (Å²) in [4.78, 5) is 15.5. The van der Waals surface area contributed by atoms with E-state index in [0.717, 1.165) is 11.3 Å². The molecule has 4 N–H and O–H groups in total. The van der Waals surface area contributed by atoms with Gasteiger partial charge in [0.05, 0.1) is 26.5 Å². The summed E-state index contributed by atoms with van der Waals surface area (Å²) < 4.78 is 6.80. The second-order valence-electron chi connectivity index (χ2n) is 4.08. The first-order chi connectivity index (χ1) is 9.15. The fourth-order valence-electron chi connectivity index (χ4n) is 1.76. The normalized spacial score (nSPS) is 9.43. The molecule has 0 saturated heterocycles. The SMILES string of the molecule is COc1ccc(Cn2cnc(C(=O)CN)c2N)cc1.Cl.Cl. The van der Waals surface area contributed by atoms with Gasteiger partial charge in [0.1, 0.15) is 17.3 Å². The maximum atomic E-state index is 11.5. The van der Waals surface area contributed by atoms with E-state index in [0.29, 0.717) is 12.4 Å². The number of imidazole rings is 1. The Morgan fingerprint density at radius 1 is 1.29 bits per heavy atom. The Labute approximate surface area is 135 Å². The number of hydrogen-bond donors (Lipinski definition) is 2. The van der Waals surface area contributed by atoms with Crippen LogP contribution in [0, 0.1) is 0 Å². The highest BCUT2D eigenvalue weighted by Gasteiger charge is 2.14. The zero-order chi connectivity index (χ0) is 13.8. The summed E-state index contributed by atoms with van der Waals surface area (Å²) in [5.74, 6) is 0.874. The zero-order valence-electron chi connectivity index (χ0n) is 11.5. The monoisotopic (exact) mass is 332 g/mol. The molecule has 2 rings (SSSR count). The Morgan fingerprint density at radius 2 is 1.90 bits per heavy atom. The maximum absolute atomic E-state index is 11.5. The van der Waals surface area contributed by atoms with E-state index in [1.54, 1.807) is 18.0 Å². The van der Waals surface area contributed by atoms with Crippen LogP contribution in [-0.2, 0) is 6.54 Å². The van der Waals surface area contributed by atoms with E-state index in [4.69, 9.17) is 16.2 Å². The maximum Gasteiger partial charge on any atom is 0.198 e. The third kappa shape index (κ3) is 4.35. The number of anilines is 1. The van der Waals surface area contributed by atoms with Crippen molar-refractivity contribution in [2.24, 2.45) is 5.73 Å². The van der Waals surface area contributed by atoms with Crippen LogP contribution in [0.15, 0.2) is 30.6 Å². The molecule has 6 nitrogen and oxygen atoms in total. The van der Waals surface area contributed by atoms with Crippen molar-refractivity contribution in [2.45, 2.75) is 6.54 Å². The van der Waals surface area contributed by atoms with Crippen molar-refractivity contribution in [3.8, 4) is 5.75 Å². The van der Waals surface area contributed by atoms with Gasteiger partial charge < -0.3 is 20.8 Å². The van der Waals surface area contributed by atoms with Crippen molar-refractivity contribution in [1.82, 2.24) is 9.55 Å². The molecule has 0 atom stereocenters. The van der Waals surface area contributed by atoms with E-state index in [9.17, 15) is 4.79 Å². The molecule has 2 aromatic rings. The fraction of sp³-hybridized carbons (Fsp3) is 0.231. The van der Waals surface area contributed by atoms with Gasteiger partial charge in [0.15, 0.2) is 5.78 Å². The number of carbonyl (C=O) groups excluding carboxylic acids is 1. The molecule has 0 amide bonds. The predicted molar refractivity (Wildman–Crippen MR) is 86.6 cm³/mol. The van der Waals surface area contributed by atoms with Crippen LogP contribution in [0.3, 0.4) is 0 Å². The summed E-state index contributed by atoms with van der Waals surface area (Å²) >= 11 is 0. The molecule has 0 bridgehead atoms. The molecule has 0 saturated carbocycles. The number of benzene rings is 1. The number of ether oxygens (including phenoxy) is 1. The van der Waals surface area contributed by atoms with Crippen LogP contribution < -0.4 is 16.2 Å². The second-order valence-corrected chi connectivity index (χ2v) is 4.08. The van der Waals surface area contributed by atoms with Gasteiger partial charge >= 0.3 is 0 Å². The minimum absolute atomic E-state index is 0. The molecule has 0 aliphatic heterocycles. The van der Waals surface area contributed by atoms with Crippen molar-refractivity contribution in [3.63, 3.8) is 0 Å². The third-order valence-corrected chi connectivity index (χ3v) is 2.84. The number of hydrogen-bond acceptors (Lipinski definition) is 5. The number of nitrogens with two attached hydrogens (primary N) is 2. The number of nitrogen functional groups attached to an aromatic ring is 1. The van der Waals surface area contributed by atoms with Crippen LogP contribution in [0.2, 0.25) is 0 Å². The highest BCUT2D eigenvalue weighted by molar-refractivity contribution is 5.99. The van der Waals surface area contributed by atoms with Crippen LogP contribution in [0.1, 0.15) is 16.1 Å². The first kappa shape index (κ1) is 19.2. The summed E-state index contributed by atoms with van der Waals surface area (Å²) in [7, 11) is 1.62. The molecule has 116 valence electrons. The molecule has 1 aromatic carbocycles. The molecule has 1 heterocycles. The smallest absolute Gasteiger partial charge is 0.198 e. The van der Waals surface area contributed by atoms with Gasteiger partial charge in [-0.05, 0) is 17.7 Å². The van der Waals surface area contributed by atoms with Crippen molar-refractivity contribution in [3.05, 3.63) is 41.9 Å². The Kier molecular flexibility index (Phi) is 7.80. The first-order valence-corrected chi connectivity index (χ1v) is 5.82. The van der Waals surface area contributed by atoms with Gasteiger partial charge in [-0.1, -0.05) is 12.1 Å². The number of methoxy groups -OCH3 is 1. The van der Waals surface area contributed by atoms with Gasteiger partial charge in [0.25, 0.3) is 0 Å². The molecule has 0 radical (unpaired) electrons. The molecule has 0 aliphatic carbocycles. The van der Waals surface area contributed by atoms with E-state index < -0.39 is 0 Å². The lowest BCUT2D eigenvalue weighted by Gasteiger charge is -2.06. The molecule has 0 fully saturated rings. The number of carbonyl (C=O) groups is 1. The van der Waals surface area contributed by atoms with Gasteiger partial charge in [-0.25, -0.2) is 4.98 Å². The van der Waals surface area contributed by atoms with Gasteiger partial charge in [-0.3, -0.25) is 4.79 Å². The molecule has 0 unspecified atom stereocenters. The number of Topliss-reactive ketones (excluding diaryl/α,β-unsaturated/α-hetero) is 1. The Hall–Kier alpha value is -1.76. The van der Waals surface area contributed by atoms with E-state index in [-0.39, 0.29) is 42.8 Å². The number of aromatic nitrogens is 2. The summed E-state index contributed by atoms with van der Waals surface area (Å²) in [6.07, 6.45) is 1.54. The highest BCUT2D eigenvalue weighted by Crippen LogP contribution is 2.16. The number of ketones is 1. The van der Waals surface area contributed by atoms with Crippen LogP contribution in [0.25, 0.3) is 0 Å². The van der Waals surface area contributed by atoms with Gasteiger partial charge in [0, 0.05) is 0 Å². The fourth-order valence-corrected chi connectivity index (χ4v) is 1.76. The zero-order valence-corrected chi connectivity index (χ0v) is 13.1. The number of rotatable bonds is 5. The van der Waals surface area contributed by atoms with E-state index in [1.807, 2.05) is 24.3 Å². The summed E-state index contributed by atoms with van der Waals surface area (Å²) in [5, 5.41) is 0. The summed E-state index contributed by atoms with van der Waals surface area (Å²) in [5.41, 5.74) is 12.5. The molecule has 0 spiro atoms. The van der Waals surface area contributed by atoms with Crippen LogP contribution >= 0.6 is 24.8 Å². The summed E-state index contributed by atoms with van der Waals surface area (Å²) in [6.45, 7) is 0.449. The molecule has 1 aromatic heterocycles. The van der Waals surface area contributed by atoms with Crippen LogP contribution in [0.4, 0.5) is 5.82 Å². The number of nitrogens with zero attached hydrogens (tertiary/aromatic N) is 2. The quantitative estimate of drug-likeness (QED) is 0.809.